The van der Waals surface area contributed by atoms with Crippen LogP contribution in [-0.2, 0) is 0 Å². The Labute approximate surface area is 103 Å². The largest absolute Gasteiger partial charge is 0.499 e. The Morgan fingerprint density at radius 2 is 1.65 bits per heavy atom. The van der Waals surface area contributed by atoms with E-state index in [1.54, 1.807) is 17.5 Å². The van der Waals surface area contributed by atoms with Crippen molar-refractivity contribution >= 4 is 35.8 Å². The van der Waals surface area contributed by atoms with Crippen LogP contribution in [0.1, 0.15) is 0 Å². The molecule has 2 aromatic rings. The average molecular weight is 252 g/mol. The Balaban J connectivity index is 0.000000171. The quantitative estimate of drug-likeness (QED) is 0.443. The van der Waals surface area contributed by atoms with Crippen LogP contribution in [0.15, 0.2) is 36.2 Å². The van der Waals surface area contributed by atoms with Crippen molar-refractivity contribution in [1.29, 1.82) is 0 Å². The van der Waals surface area contributed by atoms with Gasteiger partial charge in [-0.1, -0.05) is 12.1 Å². The van der Waals surface area contributed by atoms with E-state index in [0.29, 0.717) is 10.2 Å². The highest BCUT2D eigenvalue weighted by Crippen LogP contribution is 1.92. The third-order valence-corrected chi connectivity index (χ3v) is 2.59. The van der Waals surface area contributed by atoms with Gasteiger partial charge >= 0.3 is 14.2 Å². The summed E-state index contributed by atoms with van der Waals surface area (Å²) in [5.41, 5.74) is 0.303. The predicted octanol–water partition coefficient (Wildman–Crippen LogP) is -2.42. The van der Waals surface area contributed by atoms with Gasteiger partial charge < -0.3 is 20.1 Å². The Hall–Kier alpha value is -1.25. The summed E-state index contributed by atoms with van der Waals surface area (Å²) in [4.78, 5) is 7.15. The van der Waals surface area contributed by atoms with Crippen LogP contribution in [0.4, 0.5) is 0 Å². The van der Waals surface area contributed by atoms with Crippen LogP contribution in [0.2, 0.25) is 0 Å². The molecule has 0 atom stereocenters. The summed E-state index contributed by atoms with van der Waals surface area (Å²) in [5.74, 6) is 0. The summed E-state index contributed by atoms with van der Waals surface area (Å²) in [7, 11) is -2.76. The zero-order valence-corrected chi connectivity index (χ0v) is 9.53. The minimum absolute atomic E-state index is 0.303. The summed E-state index contributed by atoms with van der Waals surface area (Å²) >= 11 is 1.33. The maximum absolute atomic E-state index is 8.50. The Bertz CT molecular complexity index is 413. The van der Waals surface area contributed by atoms with Crippen LogP contribution in [0, 0.1) is 0 Å². The molecule has 2 aromatic heterocycles. The first kappa shape index (κ1) is 13.8. The van der Waals surface area contributed by atoms with Gasteiger partial charge in [0.25, 0.3) is 0 Å². The fourth-order valence-corrected chi connectivity index (χ4v) is 1.48. The third kappa shape index (κ3) is 5.07. The second-order valence-electron chi connectivity index (χ2n) is 2.93. The van der Waals surface area contributed by atoms with Crippen LogP contribution < -0.4 is 10.2 Å². The van der Waals surface area contributed by atoms with E-state index in [-0.39, 0.29) is 0 Å². The van der Waals surface area contributed by atoms with E-state index in [9.17, 15) is 0 Å². The minimum atomic E-state index is -1.47. The van der Waals surface area contributed by atoms with E-state index in [0.717, 1.165) is 0 Å². The van der Waals surface area contributed by atoms with Crippen LogP contribution in [0.5, 0.6) is 0 Å². The zero-order chi connectivity index (χ0) is 12.7. The number of aromatic nitrogens is 2. The second kappa shape index (κ2) is 7.15. The number of hydrogen-bond acceptors (Lipinski definition) is 7. The van der Waals surface area contributed by atoms with Crippen molar-refractivity contribution in [2.24, 2.45) is 0 Å². The molecule has 0 saturated heterocycles. The van der Waals surface area contributed by atoms with E-state index >= 15 is 0 Å². The predicted molar refractivity (Wildman–Crippen MR) is 66.0 cm³/mol. The zero-order valence-electron chi connectivity index (χ0n) is 8.71. The highest BCUT2D eigenvalue weighted by atomic mass is 32.1. The third-order valence-electron chi connectivity index (χ3n) is 1.68. The number of rotatable bonds is 2. The van der Waals surface area contributed by atoms with Gasteiger partial charge in [0.1, 0.15) is 6.33 Å². The van der Waals surface area contributed by atoms with E-state index in [4.69, 9.17) is 20.1 Å². The van der Waals surface area contributed by atoms with Crippen LogP contribution in [0.3, 0.4) is 0 Å². The first-order valence-electron chi connectivity index (χ1n) is 4.62. The lowest BCUT2D eigenvalue weighted by atomic mass is 9.83. The summed E-state index contributed by atoms with van der Waals surface area (Å²) in [5, 5.41) is 35.8. The summed E-state index contributed by atoms with van der Waals surface area (Å²) in [6, 6.07) is 3.45. The first-order chi connectivity index (χ1) is 8.11. The van der Waals surface area contributed by atoms with Gasteiger partial charge in [-0.25, -0.2) is 9.97 Å². The lowest BCUT2D eigenvalue weighted by molar-refractivity contribution is 0.424. The minimum Gasteiger partial charge on any atom is -0.423 e. The molecule has 17 heavy (non-hydrogen) atoms. The number of thiophene rings is 1. The molecular weight excluding hydrogens is 242 g/mol. The molecule has 88 valence electrons. The summed E-state index contributed by atoms with van der Waals surface area (Å²) in [6.07, 6.45) is 4.02. The highest BCUT2D eigenvalue weighted by molar-refractivity contribution is 7.20. The van der Waals surface area contributed by atoms with Gasteiger partial charge in [0.15, 0.2) is 0 Å². The van der Waals surface area contributed by atoms with Gasteiger partial charge in [-0.2, -0.15) is 11.3 Å². The second-order valence-corrected chi connectivity index (χ2v) is 3.91. The molecule has 0 spiro atoms. The Kier molecular flexibility index (Phi) is 5.81. The fourth-order valence-electron chi connectivity index (χ4n) is 0.882. The van der Waals surface area contributed by atoms with Crippen molar-refractivity contribution in [1.82, 2.24) is 9.97 Å². The molecule has 0 fully saturated rings. The van der Waals surface area contributed by atoms with Gasteiger partial charge in [-0.05, 0) is 5.38 Å². The smallest absolute Gasteiger partial charge is 0.423 e. The first-order valence-corrected chi connectivity index (χ1v) is 5.50. The SMILES string of the molecule is OB(O)c1cccs1.OB(O)c1cncnc1. The molecule has 0 saturated carbocycles. The normalized spacial score (nSPS) is 9.18. The van der Waals surface area contributed by atoms with Gasteiger partial charge in [-0.3, -0.25) is 0 Å². The molecule has 0 bridgehead atoms. The van der Waals surface area contributed by atoms with Crippen LogP contribution in [-0.4, -0.2) is 44.3 Å². The summed E-state index contributed by atoms with van der Waals surface area (Å²) in [6.45, 7) is 0. The number of hydrogen-bond donors (Lipinski definition) is 4. The van der Waals surface area contributed by atoms with Crippen molar-refractivity contribution < 1.29 is 20.1 Å². The van der Waals surface area contributed by atoms with Gasteiger partial charge in [0.2, 0.25) is 0 Å². The molecule has 2 heterocycles. The lowest BCUT2D eigenvalue weighted by Crippen LogP contribution is -2.30. The highest BCUT2D eigenvalue weighted by Gasteiger charge is 2.10. The molecule has 2 rings (SSSR count). The molecule has 0 aromatic carbocycles. The molecule has 0 radical (unpaired) electrons. The molecular formula is C8H10B2N2O4S. The van der Waals surface area contributed by atoms with Crippen molar-refractivity contribution in [3.8, 4) is 0 Å². The monoisotopic (exact) mass is 252 g/mol. The van der Waals surface area contributed by atoms with Crippen LogP contribution in [0.25, 0.3) is 0 Å². The average Bonchev–Trinajstić information content (AvgIpc) is 2.84. The van der Waals surface area contributed by atoms with Gasteiger partial charge in [0, 0.05) is 22.6 Å². The van der Waals surface area contributed by atoms with E-state index in [2.05, 4.69) is 9.97 Å². The molecule has 0 aliphatic heterocycles. The molecule has 6 nitrogen and oxygen atoms in total. The van der Waals surface area contributed by atoms with E-state index < -0.39 is 14.2 Å². The van der Waals surface area contributed by atoms with Gasteiger partial charge in [0.05, 0.1) is 0 Å². The molecule has 4 N–H and O–H groups in total. The lowest BCUT2D eigenvalue weighted by Gasteiger charge is -1.92. The van der Waals surface area contributed by atoms with E-state index in [1.165, 1.54) is 30.1 Å². The topological polar surface area (TPSA) is 107 Å². The maximum atomic E-state index is 8.50. The van der Waals surface area contributed by atoms with Crippen LogP contribution >= 0.6 is 11.3 Å². The Morgan fingerprint density at radius 1 is 1.00 bits per heavy atom. The van der Waals surface area contributed by atoms with Crippen molar-refractivity contribution in [3.05, 3.63) is 36.2 Å². The maximum Gasteiger partial charge on any atom is 0.499 e. The summed E-state index contributed by atoms with van der Waals surface area (Å²) < 4.78 is 0.588. The fraction of sp³-hybridized carbons (Fsp3) is 0. The van der Waals surface area contributed by atoms with E-state index in [1.807, 2.05) is 0 Å². The molecule has 0 unspecified atom stereocenters. The van der Waals surface area contributed by atoms with Crippen molar-refractivity contribution in [2.75, 3.05) is 0 Å². The van der Waals surface area contributed by atoms with Crippen molar-refractivity contribution in [2.45, 2.75) is 0 Å². The van der Waals surface area contributed by atoms with Gasteiger partial charge in [-0.15, -0.1) is 0 Å². The van der Waals surface area contributed by atoms with Crippen molar-refractivity contribution in [3.63, 3.8) is 0 Å². The Morgan fingerprint density at radius 3 is 1.94 bits per heavy atom. The standard InChI is InChI=1S/C4H5BN2O2.C4H5BO2S/c8-5(9)4-1-6-3-7-2-4;6-5(7)4-2-1-3-8-4/h1-3,8-9H;1-3,6-7H. The molecule has 0 amide bonds. The molecule has 0 aliphatic rings. The molecule has 0 aliphatic carbocycles. The molecule has 9 heteroatoms. The number of nitrogens with zero attached hydrogens (tertiary/aromatic N) is 2.